The lowest BCUT2D eigenvalue weighted by atomic mass is 9.57. The second-order valence-corrected chi connectivity index (χ2v) is 7.80. The quantitative estimate of drug-likeness (QED) is 0.923. The maximum absolute atomic E-state index is 6.26. The Morgan fingerprint density at radius 2 is 1.89 bits per heavy atom. The van der Waals surface area contributed by atoms with E-state index in [1.807, 2.05) is 30.0 Å². The van der Waals surface area contributed by atoms with Gasteiger partial charge in [-0.25, -0.2) is 0 Å². The summed E-state index contributed by atoms with van der Waals surface area (Å²) >= 11 is 8.14. The Balaban J connectivity index is 1.71. The average molecular weight is 298 g/mol. The predicted octanol–water partition coefficient (Wildman–Crippen LogP) is 3.72. The highest BCUT2D eigenvalue weighted by atomic mass is 35.5. The summed E-state index contributed by atoms with van der Waals surface area (Å²) in [5.41, 5.74) is 6.55. The van der Waals surface area contributed by atoms with Gasteiger partial charge in [0.2, 0.25) is 0 Å². The molecule has 1 saturated heterocycles. The molecule has 1 aliphatic heterocycles. The molecule has 0 atom stereocenters. The Bertz CT molecular complexity index is 451. The van der Waals surface area contributed by atoms with Crippen LogP contribution in [0.15, 0.2) is 29.2 Å². The van der Waals surface area contributed by atoms with E-state index in [0.717, 1.165) is 29.7 Å². The number of thioether (sulfide) groups is 1. The van der Waals surface area contributed by atoms with Gasteiger partial charge >= 0.3 is 0 Å². The van der Waals surface area contributed by atoms with Gasteiger partial charge in [-0.05, 0) is 43.2 Å². The first kappa shape index (κ1) is 13.7. The molecule has 1 spiro atoms. The van der Waals surface area contributed by atoms with Gasteiger partial charge < -0.3 is 10.5 Å². The molecule has 0 radical (unpaired) electrons. The summed E-state index contributed by atoms with van der Waals surface area (Å²) in [6.45, 7) is 2.56. The van der Waals surface area contributed by atoms with Crippen molar-refractivity contribution in [3.8, 4) is 0 Å². The summed E-state index contributed by atoms with van der Waals surface area (Å²) in [5, 5.41) is 0.841. The number of nitrogens with two attached hydrogens (primary N) is 1. The van der Waals surface area contributed by atoms with Crippen molar-refractivity contribution < 1.29 is 4.74 Å². The molecule has 0 unspecified atom stereocenters. The highest BCUT2D eigenvalue weighted by molar-refractivity contribution is 8.00. The summed E-state index contributed by atoms with van der Waals surface area (Å²) < 4.78 is 5.66. The molecule has 104 valence electrons. The highest BCUT2D eigenvalue weighted by Gasteiger charge is 2.54. The first-order valence-electron chi connectivity index (χ1n) is 6.89. The van der Waals surface area contributed by atoms with E-state index in [9.17, 15) is 0 Å². The summed E-state index contributed by atoms with van der Waals surface area (Å²) in [7, 11) is 0. The second kappa shape index (κ2) is 5.28. The Labute approximate surface area is 124 Å². The number of hydrogen-bond acceptors (Lipinski definition) is 3. The van der Waals surface area contributed by atoms with Crippen LogP contribution in [0.25, 0.3) is 0 Å². The first-order valence-corrected chi connectivity index (χ1v) is 8.08. The molecule has 4 heteroatoms. The van der Waals surface area contributed by atoms with Crippen LogP contribution in [0.4, 0.5) is 0 Å². The molecule has 2 aliphatic rings. The fourth-order valence-electron chi connectivity index (χ4n) is 3.49. The van der Waals surface area contributed by atoms with Gasteiger partial charge in [-0.15, -0.1) is 11.8 Å². The van der Waals surface area contributed by atoms with Crippen LogP contribution >= 0.6 is 23.4 Å². The summed E-state index contributed by atoms with van der Waals surface area (Å²) in [4.78, 5) is 1.16. The Kier molecular flexibility index (Phi) is 3.82. The van der Waals surface area contributed by atoms with Crippen molar-refractivity contribution in [3.05, 3.63) is 29.3 Å². The third-order valence-electron chi connectivity index (χ3n) is 4.48. The molecule has 1 saturated carbocycles. The van der Waals surface area contributed by atoms with E-state index in [1.165, 1.54) is 25.7 Å². The number of rotatable bonds is 3. The van der Waals surface area contributed by atoms with Crippen LogP contribution in [0.2, 0.25) is 5.02 Å². The van der Waals surface area contributed by atoms with E-state index in [2.05, 4.69) is 6.07 Å². The van der Waals surface area contributed by atoms with Crippen molar-refractivity contribution in [1.82, 2.24) is 0 Å². The Morgan fingerprint density at radius 3 is 2.53 bits per heavy atom. The smallest absolute Gasteiger partial charge is 0.0542 e. The molecule has 19 heavy (non-hydrogen) atoms. The average Bonchev–Trinajstić information content (AvgIpc) is 2.40. The third-order valence-corrected chi connectivity index (χ3v) is 6.39. The molecule has 2 nitrogen and oxygen atoms in total. The zero-order valence-electron chi connectivity index (χ0n) is 11.0. The van der Waals surface area contributed by atoms with Crippen LogP contribution in [-0.2, 0) is 4.74 Å². The molecule has 1 aliphatic carbocycles. The minimum Gasteiger partial charge on any atom is -0.381 e. The fraction of sp³-hybridized carbons (Fsp3) is 0.600. The van der Waals surface area contributed by atoms with E-state index in [-0.39, 0.29) is 4.75 Å². The van der Waals surface area contributed by atoms with Crippen LogP contribution < -0.4 is 5.73 Å². The molecule has 0 bridgehead atoms. The summed E-state index contributed by atoms with van der Waals surface area (Å²) in [5.74, 6) is 0. The van der Waals surface area contributed by atoms with E-state index < -0.39 is 0 Å². The van der Waals surface area contributed by atoms with Crippen molar-refractivity contribution in [3.63, 3.8) is 0 Å². The fourth-order valence-corrected chi connectivity index (χ4v) is 5.36. The summed E-state index contributed by atoms with van der Waals surface area (Å²) in [6, 6.07) is 8.07. The predicted molar refractivity (Wildman–Crippen MR) is 80.8 cm³/mol. The van der Waals surface area contributed by atoms with Crippen LogP contribution in [0.1, 0.15) is 25.7 Å². The van der Waals surface area contributed by atoms with Crippen molar-refractivity contribution >= 4 is 23.4 Å². The minimum atomic E-state index is 0.183. The van der Waals surface area contributed by atoms with Crippen LogP contribution in [0.5, 0.6) is 0 Å². The molecule has 1 heterocycles. The number of hydrogen-bond donors (Lipinski definition) is 1. The molecule has 1 aromatic rings. The van der Waals surface area contributed by atoms with Gasteiger partial charge in [0, 0.05) is 29.4 Å². The van der Waals surface area contributed by atoms with E-state index in [0.29, 0.717) is 5.41 Å². The molecule has 1 aromatic carbocycles. The van der Waals surface area contributed by atoms with Gasteiger partial charge in [0.1, 0.15) is 0 Å². The topological polar surface area (TPSA) is 35.2 Å². The van der Waals surface area contributed by atoms with Crippen molar-refractivity contribution in [2.45, 2.75) is 35.3 Å². The van der Waals surface area contributed by atoms with Gasteiger partial charge in [-0.1, -0.05) is 23.7 Å². The molecule has 0 aromatic heterocycles. The van der Waals surface area contributed by atoms with Crippen molar-refractivity contribution in [1.29, 1.82) is 0 Å². The first-order chi connectivity index (χ1) is 9.17. The maximum atomic E-state index is 6.26. The van der Waals surface area contributed by atoms with E-state index >= 15 is 0 Å². The van der Waals surface area contributed by atoms with Gasteiger partial charge in [0.15, 0.2) is 0 Å². The highest BCUT2D eigenvalue weighted by Crippen LogP contribution is 2.61. The zero-order chi connectivity index (χ0) is 13.3. The van der Waals surface area contributed by atoms with E-state index in [1.54, 1.807) is 0 Å². The Hall–Kier alpha value is -0.220. The minimum absolute atomic E-state index is 0.183. The standard InChI is InChI=1S/C15H20ClNOS/c16-12-3-1-2-4-13(12)19-15(11-17)9-14(10-15)5-7-18-8-6-14/h1-4H,5-11,17H2. The zero-order valence-corrected chi connectivity index (χ0v) is 12.6. The lowest BCUT2D eigenvalue weighted by molar-refractivity contribution is -0.0451. The molecule has 2 fully saturated rings. The largest absolute Gasteiger partial charge is 0.381 e. The van der Waals surface area contributed by atoms with Crippen LogP contribution in [0.3, 0.4) is 0 Å². The second-order valence-electron chi connectivity index (χ2n) is 5.89. The molecule has 2 N–H and O–H groups in total. The third kappa shape index (κ3) is 2.66. The van der Waals surface area contributed by atoms with Crippen LogP contribution in [-0.4, -0.2) is 24.5 Å². The van der Waals surface area contributed by atoms with Gasteiger partial charge in [-0.2, -0.15) is 0 Å². The molecular formula is C15H20ClNOS. The van der Waals surface area contributed by atoms with Gasteiger partial charge in [-0.3, -0.25) is 0 Å². The molecule has 0 amide bonds. The number of benzene rings is 1. The SMILES string of the molecule is NCC1(Sc2ccccc2Cl)CC2(CCOCC2)C1. The van der Waals surface area contributed by atoms with E-state index in [4.69, 9.17) is 22.1 Å². The van der Waals surface area contributed by atoms with Gasteiger partial charge in [0.25, 0.3) is 0 Å². The Morgan fingerprint density at radius 1 is 1.21 bits per heavy atom. The van der Waals surface area contributed by atoms with Crippen LogP contribution in [0, 0.1) is 5.41 Å². The molecular weight excluding hydrogens is 278 g/mol. The monoisotopic (exact) mass is 297 g/mol. The lowest BCUT2D eigenvalue weighted by Gasteiger charge is -2.57. The number of halogens is 1. The maximum Gasteiger partial charge on any atom is 0.0542 e. The molecule has 3 rings (SSSR count). The normalized spacial score (nSPS) is 24.1. The lowest BCUT2D eigenvalue weighted by Crippen LogP contribution is -2.55. The van der Waals surface area contributed by atoms with Crippen molar-refractivity contribution in [2.75, 3.05) is 19.8 Å². The van der Waals surface area contributed by atoms with Crippen molar-refractivity contribution in [2.24, 2.45) is 11.1 Å². The number of ether oxygens (including phenoxy) is 1. The summed E-state index contributed by atoms with van der Waals surface area (Å²) in [6.07, 6.45) is 4.79. The van der Waals surface area contributed by atoms with Gasteiger partial charge in [0.05, 0.1) is 5.02 Å².